The van der Waals surface area contributed by atoms with Crippen molar-refractivity contribution in [1.82, 2.24) is 0 Å². The summed E-state index contributed by atoms with van der Waals surface area (Å²) in [4.78, 5) is 2.08. The number of piperidine rings is 1. The fraction of sp³-hybridized carbons (Fsp3) is 0.538. The second-order valence-electron chi connectivity index (χ2n) is 5.05. The second-order valence-corrected chi connectivity index (χ2v) is 6.58. The Kier molecular flexibility index (Phi) is 5.04. The summed E-state index contributed by atoms with van der Waals surface area (Å²) in [6.07, 6.45) is 1.88. The van der Waals surface area contributed by atoms with Crippen LogP contribution in [0.2, 0.25) is 0 Å². The van der Waals surface area contributed by atoms with Gasteiger partial charge in [0.2, 0.25) is 10.0 Å². The Morgan fingerprint density at radius 2 is 2.00 bits per heavy atom. The van der Waals surface area contributed by atoms with Gasteiger partial charge >= 0.3 is 0 Å². The van der Waals surface area contributed by atoms with E-state index in [0.29, 0.717) is 6.61 Å². The molecule has 0 radical (unpaired) electrons. The zero-order valence-corrected chi connectivity index (χ0v) is 12.6. The molecule has 0 spiro atoms. The van der Waals surface area contributed by atoms with Crippen LogP contribution in [0.4, 0.5) is 11.4 Å². The van der Waals surface area contributed by atoms with E-state index in [1.54, 1.807) is 12.1 Å². The third-order valence-electron chi connectivity index (χ3n) is 3.55. The number of aliphatic hydroxyl groups excluding tert-OH is 1. The van der Waals surface area contributed by atoms with Crippen LogP contribution < -0.4 is 15.8 Å². The molecule has 0 atom stereocenters. The Morgan fingerprint density at radius 1 is 1.33 bits per heavy atom. The third kappa shape index (κ3) is 4.07. The summed E-state index contributed by atoms with van der Waals surface area (Å²) >= 11 is 0. The maximum Gasteiger partial charge on any atom is 0.240 e. The second kappa shape index (κ2) is 6.61. The lowest BCUT2D eigenvalue weighted by atomic mass is 10.1. The molecule has 0 bridgehead atoms. The first kappa shape index (κ1) is 16.0. The maximum absolute atomic E-state index is 11.3. The predicted molar refractivity (Wildman–Crippen MR) is 80.5 cm³/mol. The molecule has 0 unspecified atom stereocenters. The van der Waals surface area contributed by atoms with Gasteiger partial charge < -0.3 is 20.5 Å². The molecule has 1 aromatic rings. The number of hydrogen-bond donors (Lipinski definition) is 3. The first-order chi connectivity index (χ1) is 9.91. The highest BCUT2D eigenvalue weighted by Gasteiger charge is 2.21. The smallest absolute Gasteiger partial charge is 0.240 e. The summed E-state index contributed by atoms with van der Waals surface area (Å²) < 4.78 is 28.2. The van der Waals surface area contributed by atoms with Crippen molar-refractivity contribution in [2.75, 3.05) is 36.9 Å². The number of hydrogen-bond acceptors (Lipinski definition) is 6. The highest BCUT2D eigenvalue weighted by molar-refractivity contribution is 7.89. The molecule has 0 aromatic heterocycles. The van der Waals surface area contributed by atoms with Crippen LogP contribution in [-0.2, 0) is 14.8 Å². The van der Waals surface area contributed by atoms with Crippen LogP contribution in [0.15, 0.2) is 23.1 Å². The van der Waals surface area contributed by atoms with Crippen molar-refractivity contribution in [2.24, 2.45) is 5.14 Å². The monoisotopic (exact) mass is 315 g/mol. The molecule has 0 aliphatic carbocycles. The van der Waals surface area contributed by atoms with Crippen molar-refractivity contribution in [3.05, 3.63) is 18.2 Å². The van der Waals surface area contributed by atoms with Gasteiger partial charge in [0.25, 0.3) is 0 Å². The fourth-order valence-electron chi connectivity index (χ4n) is 2.49. The average Bonchev–Trinajstić information content (AvgIpc) is 2.44. The average molecular weight is 315 g/mol. The Balaban J connectivity index is 2.03. The molecular weight excluding hydrogens is 294 g/mol. The molecule has 0 amide bonds. The van der Waals surface area contributed by atoms with Crippen molar-refractivity contribution in [1.29, 1.82) is 0 Å². The van der Waals surface area contributed by atoms with Gasteiger partial charge in [-0.25, -0.2) is 13.6 Å². The standard InChI is InChI=1S/C13H21N3O4S/c14-12-9-10(1-2-13(12)21(15,18)19)16-5-3-11(4-6-16)20-8-7-17/h1-2,9,11,17H,3-8,14H2,(H2,15,18,19). The molecule has 1 fully saturated rings. The molecule has 1 aliphatic heterocycles. The van der Waals surface area contributed by atoms with E-state index >= 15 is 0 Å². The molecule has 21 heavy (non-hydrogen) atoms. The molecule has 0 saturated carbocycles. The van der Waals surface area contributed by atoms with E-state index in [9.17, 15) is 8.42 Å². The molecular formula is C13H21N3O4S. The van der Waals surface area contributed by atoms with Crippen molar-refractivity contribution >= 4 is 21.4 Å². The Labute approximate surface area is 124 Å². The molecule has 1 aromatic carbocycles. The molecule has 1 saturated heterocycles. The number of nitrogen functional groups attached to an aromatic ring is 1. The minimum atomic E-state index is -3.79. The molecule has 1 aliphatic rings. The SMILES string of the molecule is Nc1cc(N2CCC(OCCO)CC2)ccc1S(N)(=O)=O. The Hall–Kier alpha value is -1.35. The van der Waals surface area contributed by atoms with Crippen LogP contribution in [0.3, 0.4) is 0 Å². The Bertz CT molecular complexity index is 583. The Morgan fingerprint density at radius 3 is 2.52 bits per heavy atom. The number of aliphatic hydroxyl groups is 1. The van der Waals surface area contributed by atoms with Crippen LogP contribution >= 0.6 is 0 Å². The van der Waals surface area contributed by atoms with Gasteiger partial charge in [-0.05, 0) is 31.0 Å². The molecule has 7 nitrogen and oxygen atoms in total. The number of benzene rings is 1. The number of primary sulfonamides is 1. The van der Waals surface area contributed by atoms with Crippen LogP contribution in [0.5, 0.6) is 0 Å². The molecule has 2 rings (SSSR count). The van der Waals surface area contributed by atoms with E-state index in [2.05, 4.69) is 4.90 Å². The molecule has 5 N–H and O–H groups in total. The number of sulfonamides is 1. The van der Waals surface area contributed by atoms with Crippen molar-refractivity contribution < 1.29 is 18.3 Å². The minimum absolute atomic E-state index is 0.0335. The summed E-state index contributed by atoms with van der Waals surface area (Å²) in [6.45, 7) is 1.99. The maximum atomic E-state index is 11.3. The van der Waals surface area contributed by atoms with Gasteiger partial charge in [-0.3, -0.25) is 0 Å². The first-order valence-corrected chi connectivity index (χ1v) is 8.36. The summed E-state index contributed by atoms with van der Waals surface area (Å²) in [5, 5.41) is 13.8. The van der Waals surface area contributed by atoms with Crippen LogP contribution in [0, 0.1) is 0 Å². The van der Waals surface area contributed by atoms with Gasteiger partial charge in [0.1, 0.15) is 4.90 Å². The van der Waals surface area contributed by atoms with E-state index in [-0.39, 0.29) is 23.3 Å². The van der Waals surface area contributed by atoms with Crippen molar-refractivity contribution in [2.45, 2.75) is 23.8 Å². The summed E-state index contributed by atoms with van der Waals surface area (Å²) in [5.74, 6) is 0. The van der Waals surface area contributed by atoms with E-state index in [4.69, 9.17) is 20.7 Å². The predicted octanol–water partition coefficient (Wildman–Crippen LogP) is -0.106. The summed E-state index contributed by atoms with van der Waals surface area (Å²) in [6, 6.07) is 4.79. The van der Waals surface area contributed by atoms with Gasteiger partial charge in [0.15, 0.2) is 0 Å². The fourth-order valence-corrected chi connectivity index (χ4v) is 3.14. The third-order valence-corrected chi connectivity index (χ3v) is 4.54. The van der Waals surface area contributed by atoms with Gasteiger partial charge in [0, 0.05) is 18.8 Å². The van der Waals surface area contributed by atoms with Crippen LogP contribution in [0.25, 0.3) is 0 Å². The zero-order valence-electron chi connectivity index (χ0n) is 11.7. The van der Waals surface area contributed by atoms with Gasteiger partial charge in [-0.1, -0.05) is 0 Å². The molecule has 118 valence electrons. The van der Waals surface area contributed by atoms with Crippen molar-refractivity contribution in [3.63, 3.8) is 0 Å². The first-order valence-electron chi connectivity index (χ1n) is 6.81. The quantitative estimate of drug-likeness (QED) is 0.653. The lowest BCUT2D eigenvalue weighted by Crippen LogP contribution is -2.37. The van der Waals surface area contributed by atoms with E-state index < -0.39 is 10.0 Å². The molecule has 8 heteroatoms. The number of nitrogens with zero attached hydrogens (tertiary/aromatic N) is 1. The number of anilines is 2. The topological polar surface area (TPSA) is 119 Å². The minimum Gasteiger partial charge on any atom is -0.398 e. The van der Waals surface area contributed by atoms with E-state index in [0.717, 1.165) is 31.6 Å². The normalized spacial score (nSPS) is 17.1. The highest BCUT2D eigenvalue weighted by atomic mass is 32.2. The van der Waals surface area contributed by atoms with Gasteiger partial charge in [-0.15, -0.1) is 0 Å². The van der Waals surface area contributed by atoms with Gasteiger partial charge in [-0.2, -0.15) is 0 Å². The summed E-state index contributed by atoms with van der Waals surface area (Å²) in [7, 11) is -3.79. The summed E-state index contributed by atoms with van der Waals surface area (Å²) in [5.41, 5.74) is 6.81. The molecule has 1 heterocycles. The number of nitrogens with two attached hydrogens (primary N) is 2. The van der Waals surface area contributed by atoms with E-state index in [1.165, 1.54) is 6.07 Å². The van der Waals surface area contributed by atoms with Crippen molar-refractivity contribution in [3.8, 4) is 0 Å². The highest BCUT2D eigenvalue weighted by Crippen LogP contribution is 2.26. The lowest BCUT2D eigenvalue weighted by molar-refractivity contribution is 0.0159. The largest absolute Gasteiger partial charge is 0.398 e. The van der Waals surface area contributed by atoms with Crippen LogP contribution in [-0.4, -0.2) is 45.9 Å². The van der Waals surface area contributed by atoms with Crippen LogP contribution in [0.1, 0.15) is 12.8 Å². The van der Waals surface area contributed by atoms with E-state index in [1.807, 2.05) is 0 Å². The number of rotatable bonds is 5. The van der Waals surface area contributed by atoms with Gasteiger partial charge in [0.05, 0.1) is 25.0 Å². The lowest BCUT2D eigenvalue weighted by Gasteiger charge is -2.33. The zero-order chi connectivity index (χ0) is 15.5. The number of ether oxygens (including phenoxy) is 1.